The molecular formula is C14H22N2O4. The van der Waals surface area contributed by atoms with Gasteiger partial charge < -0.3 is 19.3 Å². The lowest BCUT2D eigenvalue weighted by Gasteiger charge is -2.38. The first-order valence-electron chi connectivity index (χ1n) is 7.43. The van der Waals surface area contributed by atoms with E-state index >= 15 is 0 Å². The van der Waals surface area contributed by atoms with E-state index in [4.69, 9.17) is 9.47 Å². The monoisotopic (exact) mass is 282 g/mol. The number of amides is 2. The SMILES string of the molecule is CC(=O)N(CC(=O)N1CCC2(CC1)OCCO2)C1CC1. The maximum absolute atomic E-state index is 12.3. The number of carbonyl (C=O) groups excluding carboxylic acids is 2. The summed E-state index contributed by atoms with van der Waals surface area (Å²) in [5.74, 6) is -0.412. The Hall–Kier alpha value is -1.14. The van der Waals surface area contributed by atoms with Crippen molar-refractivity contribution in [2.75, 3.05) is 32.8 Å². The molecule has 0 aromatic carbocycles. The summed E-state index contributed by atoms with van der Waals surface area (Å²) < 4.78 is 11.3. The Morgan fingerprint density at radius 2 is 1.80 bits per heavy atom. The molecule has 1 saturated carbocycles. The number of hydrogen-bond donors (Lipinski definition) is 0. The van der Waals surface area contributed by atoms with Crippen molar-refractivity contribution in [2.45, 2.75) is 44.4 Å². The number of carbonyl (C=O) groups is 2. The number of rotatable bonds is 3. The zero-order valence-electron chi connectivity index (χ0n) is 12.0. The van der Waals surface area contributed by atoms with Gasteiger partial charge in [-0.3, -0.25) is 9.59 Å². The van der Waals surface area contributed by atoms with Crippen LogP contribution in [0.25, 0.3) is 0 Å². The van der Waals surface area contributed by atoms with Gasteiger partial charge in [0.15, 0.2) is 5.79 Å². The second-order valence-corrected chi connectivity index (χ2v) is 5.87. The highest BCUT2D eigenvalue weighted by atomic mass is 16.7. The van der Waals surface area contributed by atoms with Crippen LogP contribution >= 0.6 is 0 Å². The molecule has 1 aliphatic carbocycles. The van der Waals surface area contributed by atoms with E-state index in [1.54, 1.807) is 4.90 Å². The van der Waals surface area contributed by atoms with Crippen LogP contribution in [0.5, 0.6) is 0 Å². The molecule has 0 aromatic rings. The maximum Gasteiger partial charge on any atom is 0.242 e. The summed E-state index contributed by atoms with van der Waals surface area (Å²) >= 11 is 0. The highest BCUT2D eigenvalue weighted by molar-refractivity contribution is 5.84. The van der Waals surface area contributed by atoms with Gasteiger partial charge in [-0.15, -0.1) is 0 Å². The standard InChI is InChI=1S/C14H22N2O4/c1-11(17)16(12-2-3-12)10-13(18)15-6-4-14(5-7-15)19-8-9-20-14/h12H,2-10H2,1H3. The zero-order chi connectivity index (χ0) is 14.2. The summed E-state index contributed by atoms with van der Waals surface area (Å²) in [5.41, 5.74) is 0. The second-order valence-electron chi connectivity index (χ2n) is 5.87. The fourth-order valence-electron chi connectivity index (χ4n) is 3.01. The predicted molar refractivity (Wildman–Crippen MR) is 70.9 cm³/mol. The van der Waals surface area contributed by atoms with Gasteiger partial charge in [0.25, 0.3) is 0 Å². The average molecular weight is 282 g/mol. The molecule has 0 aromatic heterocycles. The minimum atomic E-state index is -0.451. The smallest absolute Gasteiger partial charge is 0.242 e. The summed E-state index contributed by atoms with van der Waals surface area (Å²) in [7, 11) is 0. The quantitative estimate of drug-likeness (QED) is 0.750. The van der Waals surface area contributed by atoms with Gasteiger partial charge in [-0.2, -0.15) is 0 Å². The lowest BCUT2D eigenvalue weighted by atomic mass is 10.0. The lowest BCUT2D eigenvalue weighted by molar-refractivity contribution is -0.187. The Balaban J connectivity index is 1.52. The van der Waals surface area contributed by atoms with Crippen molar-refractivity contribution >= 4 is 11.8 Å². The highest BCUT2D eigenvalue weighted by Gasteiger charge is 2.41. The largest absolute Gasteiger partial charge is 0.347 e. The van der Waals surface area contributed by atoms with E-state index in [1.165, 1.54) is 6.92 Å². The molecule has 2 heterocycles. The molecule has 3 rings (SSSR count). The molecule has 0 unspecified atom stereocenters. The van der Waals surface area contributed by atoms with Crippen LogP contribution in [-0.2, 0) is 19.1 Å². The van der Waals surface area contributed by atoms with Gasteiger partial charge in [0.1, 0.15) is 0 Å². The maximum atomic E-state index is 12.3. The normalized spacial score (nSPS) is 24.9. The number of hydrogen-bond acceptors (Lipinski definition) is 4. The van der Waals surface area contributed by atoms with E-state index < -0.39 is 5.79 Å². The molecule has 2 aliphatic heterocycles. The molecule has 1 spiro atoms. The predicted octanol–water partition coefficient (Wildman–Crippen LogP) is 0.363. The fraction of sp³-hybridized carbons (Fsp3) is 0.857. The van der Waals surface area contributed by atoms with Crippen LogP contribution in [0.15, 0.2) is 0 Å². The second kappa shape index (κ2) is 5.33. The van der Waals surface area contributed by atoms with Crippen LogP contribution in [0, 0.1) is 0 Å². The summed E-state index contributed by atoms with van der Waals surface area (Å²) in [5, 5.41) is 0. The van der Waals surface area contributed by atoms with Gasteiger partial charge in [0, 0.05) is 38.9 Å². The molecule has 3 fully saturated rings. The molecular weight excluding hydrogens is 260 g/mol. The van der Waals surface area contributed by atoms with Crippen molar-refractivity contribution in [3.63, 3.8) is 0 Å². The minimum Gasteiger partial charge on any atom is -0.347 e. The molecule has 112 valence electrons. The minimum absolute atomic E-state index is 0.00297. The molecule has 6 heteroatoms. The summed E-state index contributed by atoms with van der Waals surface area (Å²) in [4.78, 5) is 27.4. The number of ether oxygens (including phenoxy) is 2. The molecule has 3 aliphatic rings. The Morgan fingerprint density at radius 3 is 2.30 bits per heavy atom. The van der Waals surface area contributed by atoms with E-state index in [0.29, 0.717) is 26.3 Å². The number of piperidine rings is 1. The molecule has 20 heavy (non-hydrogen) atoms. The topological polar surface area (TPSA) is 59.1 Å². The van der Waals surface area contributed by atoms with E-state index in [1.807, 2.05) is 4.90 Å². The third kappa shape index (κ3) is 2.81. The summed E-state index contributed by atoms with van der Waals surface area (Å²) in [6.45, 7) is 4.34. The van der Waals surface area contributed by atoms with E-state index in [2.05, 4.69) is 0 Å². The lowest BCUT2D eigenvalue weighted by Crippen LogP contribution is -2.50. The van der Waals surface area contributed by atoms with E-state index in [-0.39, 0.29) is 24.4 Å². The third-order valence-electron chi connectivity index (χ3n) is 4.39. The van der Waals surface area contributed by atoms with Crippen molar-refractivity contribution < 1.29 is 19.1 Å². The van der Waals surface area contributed by atoms with Crippen LogP contribution in [0.2, 0.25) is 0 Å². The number of nitrogens with zero attached hydrogens (tertiary/aromatic N) is 2. The van der Waals surface area contributed by atoms with Gasteiger partial charge in [0.05, 0.1) is 19.8 Å². The first-order chi connectivity index (χ1) is 9.60. The molecule has 0 atom stereocenters. The van der Waals surface area contributed by atoms with Gasteiger partial charge >= 0.3 is 0 Å². The first kappa shape index (κ1) is 13.8. The zero-order valence-corrected chi connectivity index (χ0v) is 12.0. The van der Waals surface area contributed by atoms with Crippen molar-refractivity contribution in [2.24, 2.45) is 0 Å². The van der Waals surface area contributed by atoms with Gasteiger partial charge in [-0.05, 0) is 12.8 Å². The molecule has 6 nitrogen and oxygen atoms in total. The van der Waals surface area contributed by atoms with Crippen LogP contribution in [0.1, 0.15) is 32.6 Å². The van der Waals surface area contributed by atoms with Crippen LogP contribution in [0.4, 0.5) is 0 Å². The van der Waals surface area contributed by atoms with Gasteiger partial charge in [0.2, 0.25) is 11.8 Å². The molecule has 2 saturated heterocycles. The van der Waals surface area contributed by atoms with Crippen molar-refractivity contribution in [1.82, 2.24) is 9.80 Å². The van der Waals surface area contributed by atoms with Crippen molar-refractivity contribution in [3.8, 4) is 0 Å². The van der Waals surface area contributed by atoms with Crippen LogP contribution in [-0.4, -0.2) is 66.3 Å². The Labute approximate surface area is 119 Å². The van der Waals surface area contributed by atoms with Crippen molar-refractivity contribution in [1.29, 1.82) is 0 Å². The highest BCUT2D eigenvalue weighted by Crippen LogP contribution is 2.31. The van der Waals surface area contributed by atoms with Crippen LogP contribution in [0.3, 0.4) is 0 Å². The van der Waals surface area contributed by atoms with Crippen molar-refractivity contribution in [3.05, 3.63) is 0 Å². The Bertz CT molecular complexity index is 392. The average Bonchev–Trinajstić information content (AvgIpc) is 3.18. The third-order valence-corrected chi connectivity index (χ3v) is 4.39. The summed E-state index contributed by atoms with van der Waals surface area (Å²) in [6.07, 6.45) is 3.50. The Kier molecular flexibility index (Phi) is 3.69. The Morgan fingerprint density at radius 1 is 1.20 bits per heavy atom. The molecule has 0 radical (unpaired) electrons. The van der Waals surface area contributed by atoms with Crippen LogP contribution < -0.4 is 0 Å². The van der Waals surface area contributed by atoms with E-state index in [9.17, 15) is 9.59 Å². The van der Waals surface area contributed by atoms with E-state index in [0.717, 1.165) is 25.7 Å². The molecule has 0 N–H and O–H groups in total. The molecule has 0 bridgehead atoms. The van der Waals surface area contributed by atoms with Gasteiger partial charge in [-0.25, -0.2) is 0 Å². The number of likely N-dealkylation sites (tertiary alicyclic amines) is 1. The summed E-state index contributed by atoms with van der Waals surface area (Å²) in [6, 6.07) is 0.286. The fourth-order valence-corrected chi connectivity index (χ4v) is 3.01. The first-order valence-corrected chi connectivity index (χ1v) is 7.43. The molecule has 2 amide bonds. The van der Waals surface area contributed by atoms with Gasteiger partial charge in [-0.1, -0.05) is 0 Å².